The second-order valence-electron chi connectivity index (χ2n) is 5.59. The first-order valence-corrected chi connectivity index (χ1v) is 7.90. The fourth-order valence-electron chi connectivity index (χ4n) is 2.58. The molecule has 1 aromatic rings. The Hall–Kier alpha value is -2.04. The zero-order valence-electron chi connectivity index (χ0n) is 13.3. The first-order valence-electron chi connectivity index (χ1n) is 7.90. The van der Waals surface area contributed by atoms with Gasteiger partial charge < -0.3 is 15.0 Å². The van der Waals surface area contributed by atoms with E-state index in [4.69, 9.17) is 4.74 Å². The van der Waals surface area contributed by atoms with Crippen molar-refractivity contribution in [3.63, 3.8) is 0 Å². The quantitative estimate of drug-likeness (QED) is 0.821. The smallest absolute Gasteiger partial charge is 0.328 e. The molecule has 0 radical (unpaired) electrons. The van der Waals surface area contributed by atoms with Gasteiger partial charge in [-0.2, -0.15) is 0 Å². The summed E-state index contributed by atoms with van der Waals surface area (Å²) in [5.74, 6) is -0.0383. The molecular weight excluding hydrogens is 280 g/mol. The summed E-state index contributed by atoms with van der Waals surface area (Å²) in [5, 5.41) is 3.14. The third-order valence-electron chi connectivity index (χ3n) is 3.75. The monoisotopic (exact) mass is 304 g/mol. The number of nitrogens with one attached hydrogen (secondary N) is 1. The molecule has 1 aliphatic rings. The Bertz CT molecular complexity index is 530. The number of carbonyl (C=O) groups excluding carboxylic acids is 2. The number of likely N-dealkylation sites (tertiary alicyclic amines) is 1. The summed E-state index contributed by atoms with van der Waals surface area (Å²) in [4.78, 5) is 25.4. The molecule has 5 heteroatoms. The highest BCUT2D eigenvalue weighted by molar-refractivity contribution is 5.79. The molecule has 1 atom stereocenters. The predicted octanol–water partition coefficient (Wildman–Crippen LogP) is 2.56. The number of ether oxygens (including phenoxy) is 1. The van der Waals surface area contributed by atoms with Gasteiger partial charge in [0.1, 0.15) is 6.04 Å². The predicted molar refractivity (Wildman–Crippen MR) is 85.4 cm³/mol. The highest BCUT2D eigenvalue weighted by Gasteiger charge is 2.18. The van der Waals surface area contributed by atoms with Gasteiger partial charge in [-0.15, -0.1) is 0 Å². The Morgan fingerprint density at radius 3 is 2.95 bits per heavy atom. The van der Waals surface area contributed by atoms with Gasteiger partial charge in [-0.1, -0.05) is 12.1 Å². The van der Waals surface area contributed by atoms with Crippen LogP contribution in [0.25, 0.3) is 0 Å². The average molecular weight is 304 g/mol. The molecule has 0 aromatic heterocycles. The van der Waals surface area contributed by atoms with E-state index in [1.807, 2.05) is 29.2 Å². The lowest BCUT2D eigenvalue weighted by atomic mass is 10.1. The van der Waals surface area contributed by atoms with Crippen molar-refractivity contribution in [1.29, 1.82) is 0 Å². The summed E-state index contributed by atoms with van der Waals surface area (Å²) >= 11 is 0. The van der Waals surface area contributed by atoms with E-state index in [0.717, 1.165) is 30.6 Å². The van der Waals surface area contributed by atoms with Gasteiger partial charge in [0.25, 0.3) is 0 Å². The van der Waals surface area contributed by atoms with Crippen LogP contribution in [0.4, 0.5) is 5.69 Å². The van der Waals surface area contributed by atoms with Gasteiger partial charge >= 0.3 is 5.97 Å². The molecule has 120 valence electrons. The standard InChI is InChI=1S/C17H24N2O3/c1-3-22-17(21)13(2)18-15-8-6-7-14(11-15)12-19-10-5-4-9-16(19)20/h6-8,11,13,18H,3-5,9-10,12H2,1-2H3/t13-/m0/s1. The summed E-state index contributed by atoms with van der Waals surface area (Å²) in [6.07, 6.45) is 2.72. The zero-order chi connectivity index (χ0) is 15.9. The molecule has 1 aromatic carbocycles. The summed E-state index contributed by atoms with van der Waals surface area (Å²) in [6, 6.07) is 7.44. The minimum absolute atomic E-state index is 0.226. The van der Waals surface area contributed by atoms with Gasteiger partial charge in [0, 0.05) is 25.2 Å². The number of amides is 1. The van der Waals surface area contributed by atoms with E-state index < -0.39 is 6.04 Å². The van der Waals surface area contributed by atoms with Crippen LogP contribution in [0.1, 0.15) is 38.7 Å². The van der Waals surface area contributed by atoms with E-state index in [9.17, 15) is 9.59 Å². The van der Waals surface area contributed by atoms with Crippen molar-refractivity contribution in [3.8, 4) is 0 Å². The van der Waals surface area contributed by atoms with Gasteiger partial charge in [0.15, 0.2) is 0 Å². The van der Waals surface area contributed by atoms with Crippen LogP contribution in [0.3, 0.4) is 0 Å². The summed E-state index contributed by atoms with van der Waals surface area (Å²) in [7, 11) is 0. The Morgan fingerprint density at radius 1 is 1.41 bits per heavy atom. The first kappa shape index (κ1) is 16.3. The number of nitrogens with zero attached hydrogens (tertiary/aromatic N) is 1. The highest BCUT2D eigenvalue weighted by atomic mass is 16.5. The maximum Gasteiger partial charge on any atom is 0.328 e. The zero-order valence-corrected chi connectivity index (χ0v) is 13.3. The van der Waals surface area contributed by atoms with E-state index in [0.29, 0.717) is 19.6 Å². The number of carbonyl (C=O) groups is 2. The maximum atomic E-state index is 11.9. The lowest BCUT2D eigenvalue weighted by Crippen LogP contribution is -2.34. The van der Waals surface area contributed by atoms with E-state index in [1.54, 1.807) is 13.8 Å². The number of rotatable bonds is 6. The third kappa shape index (κ3) is 4.48. The van der Waals surface area contributed by atoms with Crippen LogP contribution in [0.5, 0.6) is 0 Å². The number of esters is 1. The molecule has 1 saturated heterocycles. The molecule has 1 fully saturated rings. The van der Waals surface area contributed by atoms with Crippen LogP contribution in [-0.2, 0) is 20.9 Å². The van der Waals surface area contributed by atoms with Crippen LogP contribution < -0.4 is 5.32 Å². The molecule has 1 amide bonds. The van der Waals surface area contributed by atoms with Crippen LogP contribution >= 0.6 is 0 Å². The highest BCUT2D eigenvalue weighted by Crippen LogP contribution is 2.17. The number of benzene rings is 1. The van der Waals surface area contributed by atoms with Crippen LogP contribution in [0.2, 0.25) is 0 Å². The van der Waals surface area contributed by atoms with E-state index in [1.165, 1.54) is 0 Å². The second-order valence-corrected chi connectivity index (χ2v) is 5.59. The SMILES string of the molecule is CCOC(=O)[C@H](C)Nc1cccc(CN2CCCCC2=O)c1. The fraction of sp³-hybridized carbons (Fsp3) is 0.529. The third-order valence-corrected chi connectivity index (χ3v) is 3.75. The van der Waals surface area contributed by atoms with E-state index in [-0.39, 0.29) is 11.9 Å². The first-order chi connectivity index (χ1) is 10.6. The van der Waals surface area contributed by atoms with Crippen molar-refractivity contribution in [2.24, 2.45) is 0 Å². The molecule has 1 N–H and O–H groups in total. The number of hydrogen-bond acceptors (Lipinski definition) is 4. The van der Waals surface area contributed by atoms with Crippen molar-refractivity contribution in [1.82, 2.24) is 4.90 Å². The maximum absolute atomic E-state index is 11.9. The lowest BCUT2D eigenvalue weighted by molar-refractivity contribution is -0.143. The Kier molecular flexibility index (Phi) is 5.81. The van der Waals surface area contributed by atoms with E-state index in [2.05, 4.69) is 5.32 Å². The van der Waals surface area contributed by atoms with Gasteiger partial charge in [-0.25, -0.2) is 4.79 Å². The topological polar surface area (TPSA) is 58.6 Å². The molecule has 5 nitrogen and oxygen atoms in total. The molecule has 0 spiro atoms. The molecule has 2 rings (SSSR count). The number of hydrogen-bond donors (Lipinski definition) is 1. The van der Waals surface area contributed by atoms with Crippen LogP contribution in [0.15, 0.2) is 24.3 Å². The van der Waals surface area contributed by atoms with Crippen molar-refractivity contribution < 1.29 is 14.3 Å². The van der Waals surface area contributed by atoms with Gasteiger partial charge in [-0.3, -0.25) is 4.79 Å². The van der Waals surface area contributed by atoms with E-state index >= 15 is 0 Å². The molecule has 0 saturated carbocycles. The summed E-state index contributed by atoms with van der Waals surface area (Å²) in [5.41, 5.74) is 1.93. The van der Waals surface area contributed by atoms with Crippen LogP contribution in [0, 0.1) is 0 Å². The fourth-order valence-corrected chi connectivity index (χ4v) is 2.58. The molecule has 1 aliphatic heterocycles. The van der Waals surface area contributed by atoms with Crippen molar-refractivity contribution in [2.45, 2.75) is 45.7 Å². The minimum Gasteiger partial charge on any atom is -0.464 e. The number of anilines is 1. The van der Waals surface area contributed by atoms with Gasteiger partial charge in [0.2, 0.25) is 5.91 Å². The Labute approximate surface area is 131 Å². The molecule has 0 unspecified atom stereocenters. The molecule has 0 bridgehead atoms. The second kappa shape index (κ2) is 7.82. The largest absolute Gasteiger partial charge is 0.464 e. The van der Waals surface area contributed by atoms with Crippen molar-refractivity contribution in [2.75, 3.05) is 18.5 Å². The summed E-state index contributed by atoms with van der Waals surface area (Å²) < 4.78 is 4.99. The van der Waals surface area contributed by atoms with Gasteiger partial charge in [0.05, 0.1) is 6.61 Å². The molecule has 22 heavy (non-hydrogen) atoms. The Morgan fingerprint density at radius 2 is 2.23 bits per heavy atom. The van der Waals surface area contributed by atoms with Crippen LogP contribution in [-0.4, -0.2) is 36.0 Å². The molecule has 0 aliphatic carbocycles. The normalized spacial score (nSPS) is 16.3. The molecule has 1 heterocycles. The lowest BCUT2D eigenvalue weighted by Gasteiger charge is -2.27. The van der Waals surface area contributed by atoms with Crippen molar-refractivity contribution >= 4 is 17.6 Å². The summed E-state index contributed by atoms with van der Waals surface area (Å²) in [6.45, 7) is 5.40. The average Bonchev–Trinajstić information content (AvgIpc) is 2.50. The number of piperidine rings is 1. The van der Waals surface area contributed by atoms with Crippen molar-refractivity contribution in [3.05, 3.63) is 29.8 Å². The molecular formula is C17H24N2O3. The Balaban J connectivity index is 1.97. The van der Waals surface area contributed by atoms with Gasteiger partial charge in [-0.05, 0) is 44.4 Å². The minimum atomic E-state index is -0.396.